The second kappa shape index (κ2) is 3.82. The number of hydrogen-bond donors (Lipinski definition) is 2. The second-order valence-corrected chi connectivity index (χ2v) is 2.39. The molecule has 12 heavy (non-hydrogen) atoms. The Hall–Kier alpha value is -1.42. The average molecular weight is 166 g/mol. The van der Waals surface area contributed by atoms with Crippen LogP contribution in [-0.2, 0) is 6.61 Å². The van der Waals surface area contributed by atoms with Gasteiger partial charge in [0.05, 0.1) is 12.3 Å². The Labute approximate surface area is 70.2 Å². The summed E-state index contributed by atoms with van der Waals surface area (Å²) in [4.78, 5) is 3.96. The Bertz CT molecular complexity index is 297. The van der Waals surface area contributed by atoms with E-state index in [1.54, 1.807) is 25.3 Å². The average Bonchev–Trinajstić information content (AvgIpc) is 2.17. The summed E-state index contributed by atoms with van der Waals surface area (Å²) in [6, 6.07) is 3.38. The van der Waals surface area contributed by atoms with E-state index in [0.29, 0.717) is 11.4 Å². The monoisotopic (exact) mass is 166 g/mol. The number of pyridine rings is 1. The van der Waals surface area contributed by atoms with Gasteiger partial charge in [0.15, 0.2) is 0 Å². The SMILES string of the molecule is C/C(=N\O)c1cc(CO)ccn1. The lowest BCUT2D eigenvalue weighted by Gasteiger charge is -1.99. The third-order valence-corrected chi connectivity index (χ3v) is 1.53. The van der Waals surface area contributed by atoms with E-state index in [4.69, 9.17) is 10.3 Å². The van der Waals surface area contributed by atoms with Gasteiger partial charge in [0, 0.05) is 6.20 Å². The van der Waals surface area contributed by atoms with E-state index >= 15 is 0 Å². The molecular weight excluding hydrogens is 156 g/mol. The zero-order valence-electron chi connectivity index (χ0n) is 6.73. The highest BCUT2D eigenvalue weighted by Crippen LogP contribution is 2.02. The standard InChI is InChI=1S/C8H10N2O2/c1-6(10-12)8-4-7(5-11)2-3-9-8/h2-4,11-12H,5H2,1H3/b10-6+. The first kappa shape index (κ1) is 8.67. The number of aliphatic hydroxyl groups is 1. The molecule has 0 fully saturated rings. The molecule has 1 aromatic rings. The highest BCUT2D eigenvalue weighted by atomic mass is 16.4. The molecule has 0 spiro atoms. The third kappa shape index (κ3) is 1.79. The number of aromatic nitrogens is 1. The van der Waals surface area contributed by atoms with Gasteiger partial charge in [-0.3, -0.25) is 4.98 Å². The lowest BCUT2D eigenvalue weighted by molar-refractivity contribution is 0.281. The zero-order chi connectivity index (χ0) is 8.97. The van der Waals surface area contributed by atoms with Gasteiger partial charge in [0.25, 0.3) is 0 Å². The molecule has 1 heterocycles. The summed E-state index contributed by atoms with van der Waals surface area (Å²) < 4.78 is 0. The molecule has 0 aliphatic rings. The van der Waals surface area contributed by atoms with E-state index in [1.165, 1.54) is 0 Å². The minimum atomic E-state index is -0.0335. The van der Waals surface area contributed by atoms with Crippen LogP contribution in [0.4, 0.5) is 0 Å². The van der Waals surface area contributed by atoms with Crippen LogP contribution in [0.1, 0.15) is 18.2 Å². The summed E-state index contributed by atoms with van der Waals surface area (Å²) >= 11 is 0. The van der Waals surface area contributed by atoms with E-state index < -0.39 is 0 Å². The Morgan fingerprint density at radius 2 is 2.42 bits per heavy atom. The molecule has 0 radical (unpaired) electrons. The fourth-order valence-electron chi connectivity index (χ4n) is 0.822. The summed E-state index contributed by atoms with van der Waals surface area (Å²) in [5.74, 6) is 0. The smallest absolute Gasteiger partial charge is 0.102 e. The Balaban J connectivity index is 3.02. The van der Waals surface area contributed by atoms with E-state index in [0.717, 1.165) is 5.56 Å². The molecule has 4 heteroatoms. The van der Waals surface area contributed by atoms with Crippen molar-refractivity contribution in [2.75, 3.05) is 0 Å². The van der Waals surface area contributed by atoms with Crippen LogP contribution in [0.5, 0.6) is 0 Å². The van der Waals surface area contributed by atoms with E-state index in [9.17, 15) is 0 Å². The molecular formula is C8H10N2O2. The quantitative estimate of drug-likeness (QED) is 0.387. The molecule has 0 saturated heterocycles. The Kier molecular flexibility index (Phi) is 2.76. The first-order valence-electron chi connectivity index (χ1n) is 3.52. The second-order valence-electron chi connectivity index (χ2n) is 2.39. The van der Waals surface area contributed by atoms with Gasteiger partial charge in [0.1, 0.15) is 5.71 Å². The van der Waals surface area contributed by atoms with E-state index in [-0.39, 0.29) is 6.61 Å². The van der Waals surface area contributed by atoms with Gasteiger partial charge in [-0.25, -0.2) is 0 Å². The molecule has 1 aromatic heterocycles. The van der Waals surface area contributed by atoms with Crippen LogP contribution < -0.4 is 0 Å². The predicted octanol–water partition coefficient (Wildman–Crippen LogP) is 0.772. The topological polar surface area (TPSA) is 65.7 Å². The number of nitrogens with zero attached hydrogens (tertiary/aromatic N) is 2. The van der Waals surface area contributed by atoms with Crippen LogP contribution in [0.25, 0.3) is 0 Å². The number of hydrogen-bond acceptors (Lipinski definition) is 4. The van der Waals surface area contributed by atoms with Crippen LogP contribution in [0.2, 0.25) is 0 Å². The summed E-state index contributed by atoms with van der Waals surface area (Å²) in [5, 5.41) is 20.2. The van der Waals surface area contributed by atoms with E-state index in [1.807, 2.05) is 0 Å². The molecule has 2 N–H and O–H groups in total. The predicted molar refractivity (Wildman–Crippen MR) is 44.2 cm³/mol. The minimum Gasteiger partial charge on any atom is -0.411 e. The maximum Gasteiger partial charge on any atom is 0.102 e. The van der Waals surface area contributed by atoms with Gasteiger partial charge < -0.3 is 10.3 Å². The minimum absolute atomic E-state index is 0.0335. The van der Waals surface area contributed by atoms with Crippen molar-refractivity contribution in [3.63, 3.8) is 0 Å². The number of rotatable bonds is 2. The normalized spacial score (nSPS) is 11.7. The van der Waals surface area contributed by atoms with Crippen molar-refractivity contribution in [3.8, 4) is 0 Å². The highest BCUT2D eigenvalue weighted by molar-refractivity contribution is 5.96. The Morgan fingerprint density at radius 3 is 3.00 bits per heavy atom. The van der Waals surface area contributed by atoms with Crippen molar-refractivity contribution in [2.24, 2.45) is 5.16 Å². The fraction of sp³-hybridized carbons (Fsp3) is 0.250. The van der Waals surface area contributed by atoms with Crippen molar-refractivity contribution >= 4 is 5.71 Å². The molecule has 0 saturated carbocycles. The van der Waals surface area contributed by atoms with Crippen molar-refractivity contribution in [3.05, 3.63) is 29.6 Å². The Morgan fingerprint density at radius 1 is 1.67 bits per heavy atom. The first-order valence-corrected chi connectivity index (χ1v) is 3.52. The number of oxime groups is 1. The maximum absolute atomic E-state index is 8.79. The van der Waals surface area contributed by atoms with Gasteiger partial charge in [-0.1, -0.05) is 5.16 Å². The largest absolute Gasteiger partial charge is 0.411 e. The molecule has 0 atom stereocenters. The van der Waals surface area contributed by atoms with Crippen LogP contribution in [-0.4, -0.2) is 21.0 Å². The maximum atomic E-state index is 8.79. The van der Waals surface area contributed by atoms with Crippen LogP contribution in [0.3, 0.4) is 0 Å². The lowest BCUT2D eigenvalue weighted by atomic mass is 10.2. The van der Waals surface area contributed by atoms with Crippen molar-refractivity contribution in [1.82, 2.24) is 4.98 Å². The van der Waals surface area contributed by atoms with Gasteiger partial charge in [-0.05, 0) is 24.6 Å². The molecule has 0 unspecified atom stereocenters. The molecule has 4 nitrogen and oxygen atoms in total. The number of aliphatic hydroxyl groups excluding tert-OH is 1. The third-order valence-electron chi connectivity index (χ3n) is 1.53. The zero-order valence-corrected chi connectivity index (χ0v) is 6.73. The van der Waals surface area contributed by atoms with E-state index in [2.05, 4.69) is 10.1 Å². The van der Waals surface area contributed by atoms with Crippen LogP contribution in [0.15, 0.2) is 23.5 Å². The molecule has 0 aromatic carbocycles. The van der Waals surface area contributed by atoms with Gasteiger partial charge in [-0.15, -0.1) is 0 Å². The van der Waals surface area contributed by atoms with Crippen molar-refractivity contribution in [2.45, 2.75) is 13.5 Å². The lowest BCUT2D eigenvalue weighted by Crippen LogP contribution is -1.99. The van der Waals surface area contributed by atoms with Gasteiger partial charge in [-0.2, -0.15) is 0 Å². The fourth-order valence-corrected chi connectivity index (χ4v) is 0.822. The van der Waals surface area contributed by atoms with Crippen molar-refractivity contribution in [1.29, 1.82) is 0 Å². The molecule has 1 rings (SSSR count). The highest BCUT2D eigenvalue weighted by Gasteiger charge is 1.99. The molecule has 0 bridgehead atoms. The van der Waals surface area contributed by atoms with Crippen LogP contribution >= 0.6 is 0 Å². The molecule has 0 amide bonds. The summed E-state index contributed by atoms with van der Waals surface area (Å²) in [5.41, 5.74) is 1.76. The first-order chi connectivity index (χ1) is 5.77. The van der Waals surface area contributed by atoms with Crippen molar-refractivity contribution < 1.29 is 10.3 Å². The summed E-state index contributed by atoms with van der Waals surface area (Å²) in [6.45, 7) is 1.61. The molecule has 0 aliphatic carbocycles. The van der Waals surface area contributed by atoms with Gasteiger partial charge in [0.2, 0.25) is 0 Å². The summed E-state index contributed by atoms with van der Waals surface area (Å²) in [6.07, 6.45) is 1.57. The molecule has 64 valence electrons. The van der Waals surface area contributed by atoms with Gasteiger partial charge >= 0.3 is 0 Å². The van der Waals surface area contributed by atoms with Crippen LogP contribution in [0, 0.1) is 0 Å². The summed E-state index contributed by atoms with van der Waals surface area (Å²) in [7, 11) is 0. The molecule has 0 aliphatic heterocycles.